The van der Waals surface area contributed by atoms with E-state index >= 15 is 0 Å². The lowest BCUT2D eigenvalue weighted by Gasteiger charge is -2.18. The number of hydrogen-bond donors (Lipinski definition) is 1. The normalized spacial score (nSPS) is 20.5. The summed E-state index contributed by atoms with van der Waals surface area (Å²) in [4.78, 5) is 0. The standard InChI is InChI=1S/C13H18O/c1-10-5-3-4-6-11(10)9-12(14)13(2)7-8-13/h3-6,12,14H,7-9H2,1-2H3. The van der Waals surface area contributed by atoms with Crippen LogP contribution in [0.1, 0.15) is 30.9 Å². The minimum absolute atomic E-state index is 0.163. The van der Waals surface area contributed by atoms with Crippen LogP contribution < -0.4 is 0 Å². The summed E-state index contributed by atoms with van der Waals surface area (Å²) in [6, 6.07) is 8.32. The smallest absolute Gasteiger partial charge is 0.0634 e. The Morgan fingerprint density at radius 2 is 2.00 bits per heavy atom. The first-order valence-corrected chi connectivity index (χ1v) is 5.34. The van der Waals surface area contributed by atoms with Gasteiger partial charge >= 0.3 is 0 Å². The molecule has 1 unspecified atom stereocenters. The number of aryl methyl sites for hydroxylation is 1. The SMILES string of the molecule is Cc1ccccc1CC(O)C1(C)CC1. The van der Waals surface area contributed by atoms with Gasteiger partial charge in [-0.05, 0) is 42.7 Å². The van der Waals surface area contributed by atoms with Crippen LogP contribution in [0.5, 0.6) is 0 Å². The second kappa shape index (κ2) is 3.39. The number of rotatable bonds is 3. The first-order valence-electron chi connectivity index (χ1n) is 5.34. The fraction of sp³-hybridized carbons (Fsp3) is 0.538. The Morgan fingerprint density at radius 1 is 1.36 bits per heavy atom. The molecule has 0 amide bonds. The lowest BCUT2D eigenvalue weighted by Crippen LogP contribution is -2.21. The fourth-order valence-electron chi connectivity index (χ4n) is 1.82. The highest BCUT2D eigenvalue weighted by Gasteiger charge is 2.43. The second-order valence-corrected chi connectivity index (χ2v) is 4.80. The fourth-order valence-corrected chi connectivity index (χ4v) is 1.82. The molecule has 0 radical (unpaired) electrons. The van der Waals surface area contributed by atoms with Crippen molar-refractivity contribution >= 4 is 0 Å². The second-order valence-electron chi connectivity index (χ2n) is 4.80. The Labute approximate surface area is 85.8 Å². The van der Waals surface area contributed by atoms with Crippen molar-refractivity contribution in [2.45, 2.75) is 39.2 Å². The monoisotopic (exact) mass is 190 g/mol. The minimum Gasteiger partial charge on any atom is -0.392 e. The van der Waals surface area contributed by atoms with Crippen molar-refractivity contribution in [1.29, 1.82) is 0 Å². The highest BCUT2D eigenvalue weighted by molar-refractivity contribution is 5.26. The van der Waals surface area contributed by atoms with Gasteiger partial charge in [0, 0.05) is 0 Å². The maximum Gasteiger partial charge on any atom is 0.0634 e. The van der Waals surface area contributed by atoms with Crippen LogP contribution in [0.2, 0.25) is 0 Å². The number of benzene rings is 1. The molecule has 14 heavy (non-hydrogen) atoms. The Kier molecular flexibility index (Phi) is 2.36. The maximum atomic E-state index is 10.0. The van der Waals surface area contributed by atoms with E-state index in [1.807, 2.05) is 12.1 Å². The molecule has 0 aromatic heterocycles. The van der Waals surface area contributed by atoms with Crippen molar-refractivity contribution in [3.05, 3.63) is 35.4 Å². The molecule has 0 aliphatic heterocycles. The average Bonchev–Trinajstić information content (AvgIpc) is 2.89. The van der Waals surface area contributed by atoms with Crippen LogP contribution in [0.4, 0.5) is 0 Å². The summed E-state index contributed by atoms with van der Waals surface area (Å²) in [6.07, 6.45) is 3.01. The van der Waals surface area contributed by atoms with Crippen LogP contribution in [0.25, 0.3) is 0 Å². The lowest BCUT2D eigenvalue weighted by molar-refractivity contribution is 0.103. The van der Waals surface area contributed by atoms with Gasteiger partial charge in [-0.3, -0.25) is 0 Å². The Morgan fingerprint density at radius 3 is 2.57 bits per heavy atom. The molecule has 76 valence electrons. The van der Waals surface area contributed by atoms with Gasteiger partial charge < -0.3 is 5.11 Å². The van der Waals surface area contributed by atoms with Crippen molar-refractivity contribution in [2.75, 3.05) is 0 Å². The number of aliphatic hydroxyl groups is 1. The summed E-state index contributed by atoms with van der Waals surface area (Å²) in [7, 11) is 0. The molecule has 1 nitrogen and oxygen atoms in total. The van der Waals surface area contributed by atoms with Gasteiger partial charge in [0.2, 0.25) is 0 Å². The third-order valence-electron chi connectivity index (χ3n) is 3.52. The quantitative estimate of drug-likeness (QED) is 0.777. The zero-order valence-electron chi connectivity index (χ0n) is 8.96. The molecular weight excluding hydrogens is 172 g/mol. The Bertz CT molecular complexity index is 326. The summed E-state index contributed by atoms with van der Waals surface area (Å²) in [5.41, 5.74) is 2.78. The molecule has 0 spiro atoms. The van der Waals surface area contributed by atoms with Crippen molar-refractivity contribution in [1.82, 2.24) is 0 Å². The number of hydrogen-bond acceptors (Lipinski definition) is 1. The topological polar surface area (TPSA) is 20.2 Å². The van der Waals surface area contributed by atoms with Gasteiger partial charge in [-0.15, -0.1) is 0 Å². The maximum absolute atomic E-state index is 10.0. The molecule has 1 heteroatoms. The Hall–Kier alpha value is -0.820. The molecule has 1 saturated carbocycles. The van der Waals surface area contributed by atoms with Crippen molar-refractivity contribution in [2.24, 2.45) is 5.41 Å². The molecule has 1 aliphatic carbocycles. The van der Waals surface area contributed by atoms with Crippen molar-refractivity contribution in [3.8, 4) is 0 Å². The summed E-state index contributed by atoms with van der Waals surface area (Å²) < 4.78 is 0. The average molecular weight is 190 g/mol. The summed E-state index contributed by atoms with van der Waals surface area (Å²) in [5.74, 6) is 0. The van der Waals surface area contributed by atoms with Gasteiger partial charge in [0.1, 0.15) is 0 Å². The minimum atomic E-state index is -0.163. The molecule has 1 N–H and O–H groups in total. The van der Waals surface area contributed by atoms with Crippen molar-refractivity contribution < 1.29 is 5.11 Å². The van der Waals surface area contributed by atoms with Crippen LogP contribution in [-0.2, 0) is 6.42 Å². The van der Waals surface area contributed by atoms with E-state index in [4.69, 9.17) is 0 Å². The molecular formula is C13H18O. The molecule has 0 saturated heterocycles. The number of aliphatic hydroxyl groups excluding tert-OH is 1. The largest absolute Gasteiger partial charge is 0.392 e. The summed E-state index contributed by atoms with van der Waals surface area (Å²) in [5, 5.41) is 10.0. The van der Waals surface area contributed by atoms with E-state index in [0.29, 0.717) is 0 Å². The van der Waals surface area contributed by atoms with E-state index in [1.165, 1.54) is 24.0 Å². The van der Waals surface area contributed by atoms with E-state index in [2.05, 4.69) is 26.0 Å². The lowest BCUT2D eigenvalue weighted by atomic mass is 9.93. The van der Waals surface area contributed by atoms with Crippen LogP contribution in [0, 0.1) is 12.3 Å². The molecule has 2 rings (SSSR count). The molecule has 1 aliphatic rings. The molecule has 1 atom stereocenters. The third kappa shape index (κ3) is 1.83. The zero-order valence-corrected chi connectivity index (χ0v) is 8.96. The van der Waals surface area contributed by atoms with Crippen LogP contribution in [0.3, 0.4) is 0 Å². The predicted molar refractivity (Wildman–Crippen MR) is 58.2 cm³/mol. The van der Waals surface area contributed by atoms with E-state index in [0.717, 1.165) is 6.42 Å². The Balaban J connectivity index is 2.07. The summed E-state index contributed by atoms with van der Waals surface area (Å²) >= 11 is 0. The van der Waals surface area contributed by atoms with Gasteiger partial charge in [0.15, 0.2) is 0 Å². The zero-order chi connectivity index (χ0) is 10.2. The third-order valence-corrected chi connectivity index (χ3v) is 3.52. The van der Waals surface area contributed by atoms with Crippen LogP contribution in [-0.4, -0.2) is 11.2 Å². The molecule has 0 bridgehead atoms. The van der Waals surface area contributed by atoms with Crippen LogP contribution in [0.15, 0.2) is 24.3 Å². The highest BCUT2D eigenvalue weighted by atomic mass is 16.3. The van der Waals surface area contributed by atoms with Gasteiger partial charge in [-0.1, -0.05) is 31.2 Å². The van der Waals surface area contributed by atoms with Gasteiger partial charge in [-0.25, -0.2) is 0 Å². The summed E-state index contributed by atoms with van der Waals surface area (Å²) in [6.45, 7) is 4.28. The van der Waals surface area contributed by atoms with Crippen molar-refractivity contribution in [3.63, 3.8) is 0 Å². The first-order chi connectivity index (χ1) is 6.62. The molecule has 0 heterocycles. The van der Waals surface area contributed by atoms with E-state index in [-0.39, 0.29) is 11.5 Å². The predicted octanol–water partition coefficient (Wildman–Crippen LogP) is 2.70. The van der Waals surface area contributed by atoms with Gasteiger partial charge in [-0.2, -0.15) is 0 Å². The van der Waals surface area contributed by atoms with E-state index < -0.39 is 0 Å². The first kappa shape index (κ1) is 9.72. The highest BCUT2D eigenvalue weighted by Crippen LogP contribution is 2.48. The van der Waals surface area contributed by atoms with Gasteiger partial charge in [0.25, 0.3) is 0 Å². The molecule has 1 aromatic rings. The molecule has 1 fully saturated rings. The molecule has 1 aromatic carbocycles. The van der Waals surface area contributed by atoms with E-state index in [9.17, 15) is 5.11 Å². The van der Waals surface area contributed by atoms with E-state index in [1.54, 1.807) is 0 Å². The van der Waals surface area contributed by atoms with Crippen LogP contribution >= 0.6 is 0 Å². The van der Waals surface area contributed by atoms with Gasteiger partial charge in [0.05, 0.1) is 6.10 Å².